The quantitative estimate of drug-likeness (QED) is 0.654. The predicted octanol–water partition coefficient (Wildman–Crippen LogP) is 1.92. The van der Waals surface area contributed by atoms with Crippen molar-refractivity contribution in [2.24, 2.45) is 0 Å². The van der Waals surface area contributed by atoms with E-state index in [0.29, 0.717) is 30.4 Å². The van der Waals surface area contributed by atoms with Crippen LogP contribution < -0.4 is 20.1 Å². The SMILES string of the molecule is O=[N+]([O-])c1cc2c(cc1NC1CCCNCC1)OCCO2. The molecule has 21 heavy (non-hydrogen) atoms. The average molecular weight is 293 g/mol. The van der Waals surface area contributed by atoms with Crippen LogP contribution in [0.15, 0.2) is 12.1 Å². The molecule has 0 spiro atoms. The molecule has 2 aliphatic rings. The molecular formula is C14H19N3O4. The minimum absolute atomic E-state index is 0.0384. The van der Waals surface area contributed by atoms with E-state index in [1.807, 2.05) is 0 Å². The first-order valence-electron chi connectivity index (χ1n) is 7.29. The van der Waals surface area contributed by atoms with E-state index in [0.717, 1.165) is 32.4 Å². The van der Waals surface area contributed by atoms with Crippen molar-refractivity contribution in [3.8, 4) is 11.5 Å². The molecule has 1 aromatic carbocycles. The maximum Gasteiger partial charge on any atom is 0.296 e. The Bertz CT molecular complexity index is 527. The Morgan fingerprint density at radius 3 is 2.71 bits per heavy atom. The molecule has 1 unspecified atom stereocenters. The monoisotopic (exact) mass is 293 g/mol. The van der Waals surface area contributed by atoms with Gasteiger partial charge in [-0.3, -0.25) is 10.1 Å². The smallest absolute Gasteiger partial charge is 0.296 e. The van der Waals surface area contributed by atoms with E-state index in [-0.39, 0.29) is 16.7 Å². The van der Waals surface area contributed by atoms with Crippen LogP contribution in [0.25, 0.3) is 0 Å². The van der Waals surface area contributed by atoms with Crippen LogP contribution in [0, 0.1) is 10.1 Å². The van der Waals surface area contributed by atoms with Crippen molar-refractivity contribution in [2.75, 3.05) is 31.6 Å². The molecule has 1 saturated heterocycles. The fourth-order valence-corrected chi connectivity index (χ4v) is 2.73. The summed E-state index contributed by atoms with van der Waals surface area (Å²) in [7, 11) is 0. The number of rotatable bonds is 3. The van der Waals surface area contributed by atoms with Crippen LogP contribution in [-0.2, 0) is 0 Å². The van der Waals surface area contributed by atoms with Gasteiger partial charge in [0.2, 0.25) is 0 Å². The van der Waals surface area contributed by atoms with Crippen LogP contribution >= 0.6 is 0 Å². The normalized spacial score (nSPS) is 21.4. The lowest BCUT2D eigenvalue weighted by molar-refractivity contribution is -0.384. The van der Waals surface area contributed by atoms with Gasteiger partial charge in [0.05, 0.1) is 11.0 Å². The summed E-state index contributed by atoms with van der Waals surface area (Å²) in [6.45, 7) is 2.82. The third-order valence-corrected chi connectivity index (χ3v) is 3.79. The van der Waals surface area contributed by atoms with Gasteiger partial charge in [-0.1, -0.05) is 0 Å². The Morgan fingerprint density at radius 1 is 1.19 bits per heavy atom. The van der Waals surface area contributed by atoms with E-state index in [4.69, 9.17) is 9.47 Å². The predicted molar refractivity (Wildman–Crippen MR) is 78.2 cm³/mol. The van der Waals surface area contributed by atoms with E-state index in [9.17, 15) is 10.1 Å². The van der Waals surface area contributed by atoms with Gasteiger partial charge >= 0.3 is 0 Å². The highest BCUT2D eigenvalue weighted by atomic mass is 16.6. The maximum atomic E-state index is 11.3. The number of fused-ring (bicyclic) bond motifs is 1. The number of nitro groups is 1. The third-order valence-electron chi connectivity index (χ3n) is 3.79. The fourth-order valence-electron chi connectivity index (χ4n) is 2.73. The molecule has 0 bridgehead atoms. The number of nitrogens with one attached hydrogen (secondary N) is 2. The van der Waals surface area contributed by atoms with E-state index in [1.54, 1.807) is 6.07 Å². The Labute approximate surface area is 122 Å². The molecular weight excluding hydrogens is 274 g/mol. The molecule has 0 aromatic heterocycles. The number of benzene rings is 1. The van der Waals surface area contributed by atoms with Gasteiger partial charge in [-0.05, 0) is 32.4 Å². The molecule has 0 saturated carbocycles. The number of hydrogen-bond donors (Lipinski definition) is 2. The van der Waals surface area contributed by atoms with E-state index in [1.165, 1.54) is 6.07 Å². The van der Waals surface area contributed by atoms with Crippen molar-refractivity contribution in [3.05, 3.63) is 22.2 Å². The van der Waals surface area contributed by atoms with Crippen LogP contribution in [0.2, 0.25) is 0 Å². The molecule has 0 amide bonds. The van der Waals surface area contributed by atoms with Crippen molar-refractivity contribution in [3.63, 3.8) is 0 Å². The molecule has 7 heteroatoms. The molecule has 0 aliphatic carbocycles. The Hall–Kier alpha value is -2.02. The first-order chi connectivity index (χ1) is 10.2. The number of nitro benzene ring substituents is 1. The van der Waals surface area contributed by atoms with Crippen molar-refractivity contribution in [1.82, 2.24) is 5.32 Å². The van der Waals surface area contributed by atoms with Gasteiger partial charge in [0.1, 0.15) is 18.9 Å². The van der Waals surface area contributed by atoms with Crippen molar-refractivity contribution < 1.29 is 14.4 Å². The van der Waals surface area contributed by atoms with Crippen LogP contribution in [0.5, 0.6) is 11.5 Å². The maximum absolute atomic E-state index is 11.3. The fraction of sp³-hybridized carbons (Fsp3) is 0.571. The summed E-state index contributed by atoms with van der Waals surface area (Å²) in [6.07, 6.45) is 3.01. The van der Waals surface area contributed by atoms with E-state index in [2.05, 4.69) is 10.6 Å². The zero-order valence-electron chi connectivity index (χ0n) is 11.8. The summed E-state index contributed by atoms with van der Waals surface area (Å²) >= 11 is 0. The van der Waals surface area contributed by atoms with Crippen LogP contribution in [0.4, 0.5) is 11.4 Å². The summed E-state index contributed by atoms with van der Waals surface area (Å²) in [6, 6.07) is 3.37. The molecule has 114 valence electrons. The summed E-state index contributed by atoms with van der Waals surface area (Å²) < 4.78 is 10.9. The molecule has 7 nitrogen and oxygen atoms in total. The minimum atomic E-state index is -0.379. The van der Waals surface area contributed by atoms with Crippen molar-refractivity contribution in [2.45, 2.75) is 25.3 Å². The van der Waals surface area contributed by atoms with Gasteiger partial charge in [0.15, 0.2) is 11.5 Å². The molecule has 1 atom stereocenters. The minimum Gasteiger partial charge on any atom is -0.486 e. The average Bonchev–Trinajstić information content (AvgIpc) is 2.75. The standard InChI is InChI=1S/C14H19N3O4/c18-17(19)12-9-14-13(20-6-7-21-14)8-11(12)16-10-2-1-4-15-5-3-10/h8-10,15-16H,1-7H2. The summed E-state index contributed by atoms with van der Waals surface area (Å²) in [5.74, 6) is 1.02. The molecule has 1 fully saturated rings. The second kappa shape index (κ2) is 6.17. The lowest BCUT2D eigenvalue weighted by Crippen LogP contribution is -2.22. The zero-order chi connectivity index (χ0) is 14.7. The Balaban J connectivity index is 1.86. The molecule has 2 N–H and O–H groups in total. The van der Waals surface area contributed by atoms with Gasteiger partial charge in [-0.25, -0.2) is 0 Å². The third kappa shape index (κ3) is 3.18. The van der Waals surface area contributed by atoms with Crippen LogP contribution in [0.3, 0.4) is 0 Å². The largest absolute Gasteiger partial charge is 0.486 e. The molecule has 2 aliphatic heterocycles. The summed E-state index contributed by atoms with van der Waals surface area (Å²) in [4.78, 5) is 10.9. The highest BCUT2D eigenvalue weighted by Crippen LogP contribution is 2.39. The van der Waals surface area contributed by atoms with Crippen LogP contribution in [-0.4, -0.2) is 37.3 Å². The lowest BCUT2D eigenvalue weighted by Gasteiger charge is -2.21. The molecule has 2 heterocycles. The van der Waals surface area contributed by atoms with Gasteiger partial charge in [0, 0.05) is 12.1 Å². The number of nitrogens with zero attached hydrogens (tertiary/aromatic N) is 1. The molecule has 0 radical (unpaired) electrons. The van der Waals surface area contributed by atoms with E-state index < -0.39 is 0 Å². The molecule has 3 rings (SSSR count). The number of anilines is 1. The van der Waals surface area contributed by atoms with Crippen molar-refractivity contribution in [1.29, 1.82) is 0 Å². The first kappa shape index (κ1) is 13.9. The van der Waals surface area contributed by atoms with Gasteiger partial charge in [-0.15, -0.1) is 0 Å². The van der Waals surface area contributed by atoms with Crippen molar-refractivity contribution >= 4 is 11.4 Å². The van der Waals surface area contributed by atoms with E-state index >= 15 is 0 Å². The topological polar surface area (TPSA) is 85.7 Å². The number of hydrogen-bond acceptors (Lipinski definition) is 6. The Kier molecular flexibility index (Phi) is 4.10. The Morgan fingerprint density at radius 2 is 1.95 bits per heavy atom. The lowest BCUT2D eigenvalue weighted by atomic mass is 10.1. The van der Waals surface area contributed by atoms with Gasteiger partial charge in [-0.2, -0.15) is 0 Å². The summed E-state index contributed by atoms with van der Waals surface area (Å²) in [5.41, 5.74) is 0.549. The van der Waals surface area contributed by atoms with Gasteiger partial charge in [0.25, 0.3) is 5.69 Å². The second-order valence-corrected chi connectivity index (χ2v) is 5.29. The zero-order valence-corrected chi connectivity index (χ0v) is 11.8. The van der Waals surface area contributed by atoms with Crippen LogP contribution in [0.1, 0.15) is 19.3 Å². The summed E-state index contributed by atoms with van der Waals surface area (Å²) in [5, 5.41) is 17.9. The van der Waals surface area contributed by atoms with Gasteiger partial charge < -0.3 is 20.1 Å². The highest BCUT2D eigenvalue weighted by molar-refractivity contribution is 5.69. The number of ether oxygens (including phenoxy) is 2. The highest BCUT2D eigenvalue weighted by Gasteiger charge is 2.24. The second-order valence-electron chi connectivity index (χ2n) is 5.29. The first-order valence-corrected chi connectivity index (χ1v) is 7.29. The molecule has 1 aromatic rings.